The number of aliphatic hydroxyl groups is 2. The van der Waals surface area contributed by atoms with Gasteiger partial charge in [0.25, 0.3) is 5.91 Å². The van der Waals surface area contributed by atoms with E-state index in [1.807, 2.05) is 97.1 Å². The van der Waals surface area contributed by atoms with E-state index in [2.05, 4.69) is 26.3 Å². The van der Waals surface area contributed by atoms with Gasteiger partial charge in [-0.15, -0.1) is 0 Å². The third-order valence-corrected chi connectivity index (χ3v) is 9.62. The van der Waals surface area contributed by atoms with Crippen molar-refractivity contribution in [3.05, 3.63) is 149 Å². The van der Waals surface area contributed by atoms with Gasteiger partial charge in [0, 0.05) is 18.4 Å². The van der Waals surface area contributed by atoms with E-state index in [0.29, 0.717) is 11.9 Å². The molecule has 0 spiro atoms. The van der Waals surface area contributed by atoms with Crippen molar-refractivity contribution in [3.63, 3.8) is 0 Å². The van der Waals surface area contributed by atoms with Crippen LogP contribution in [-0.4, -0.2) is 75.7 Å². The predicted octanol–water partition coefficient (Wildman–Crippen LogP) is 2.27. The molecule has 12 nitrogen and oxygen atoms in total. The Labute approximate surface area is 313 Å². The van der Waals surface area contributed by atoms with Crippen LogP contribution < -0.4 is 27.0 Å². The first kappa shape index (κ1) is 37.8. The molecule has 1 aliphatic carbocycles. The van der Waals surface area contributed by atoms with Crippen LogP contribution in [0.2, 0.25) is 0 Å². The van der Waals surface area contributed by atoms with E-state index in [9.17, 15) is 29.4 Å². The van der Waals surface area contributed by atoms with Gasteiger partial charge in [-0.2, -0.15) is 0 Å². The Hall–Kier alpha value is -5.95. The average Bonchev–Trinajstić information content (AvgIpc) is 3.50. The number of aromatic nitrogens is 1. The molecule has 0 saturated heterocycles. The summed E-state index contributed by atoms with van der Waals surface area (Å²) in [5.41, 5.74) is 9.66. The first-order chi connectivity index (χ1) is 26.1. The van der Waals surface area contributed by atoms with E-state index in [1.54, 1.807) is 18.2 Å². The number of primary amides is 1. The van der Waals surface area contributed by atoms with Gasteiger partial charge in [0.1, 0.15) is 11.7 Å². The van der Waals surface area contributed by atoms with Crippen LogP contribution in [0.25, 0.3) is 10.9 Å². The quantitative estimate of drug-likeness (QED) is 0.0804. The molecular formula is C42H44N6O6. The van der Waals surface area contributed by atoms with Gasteiger partial charge in [-0.05, 0) is 47.2 Å². The summed E-state index contributed by atoms with van der Waals surface area (Å²) < 4.78 is 0. The number of pyridine rings is 1. The second kappa shape index (κ2) is 17.7. The molecule has 4 aromatic carbocycles. The molecule has 1 aromatic heterocycles. The van der Waals surface area contributed by atoms with Crippen molar-refractivity contribution in [2.45, 2.75) is 62.1 Å². The lowest BCUT2D eigenvalue weighted by Gasteiger charge is -2.29. The predicted molar refractivity (Wildman–Crippen MR) is 204 cm³/mol. The van der Waals surface area contributed by atoms with E-state index in [-0.39, 0.29) is 31.0 Å². The van der Waals surface area contributed by atoms with Crippen LogP contribution in [0.1, 0.15) is 45.2 Å². The zero-order valence-corrected chi connectivity index (χ0v) is 29.6. The maximum atomic E-state index is 13.9. The number of carbonyl (C=O) groups is 4. The highest BCUT2D eigenvalue weighted by molar-refractivity contribution is 5.99. The number of hydrogen-bond donors (Lipinski definition) is 7. The second-order valence-electron chi connectivity index (χ2n) is 13.6. The van der Waals surface area contributed by atoms with Gasteiger partial charge in [0.05, 0.1) is 42.3 Å². The summed E-state index contributed by atoms with van der Waals surface area (Å²) >= 11 is 0. The maximum Gasteiger partial charge on any atom is 0.270 e. The highest BCUT2D eigenvalue weighted by Crippen LogP contribution is 2.31. The molecule has 6 atom stereocenters. The number of nitrogens with two attached hydrogens (primary N) is 1. The molecule has 0 aliphatic heterocycles. The lowest BCUT2D eigenvalue weighted by molar-refractivity contribution is -0.128. The monoisotopic (exact) mass is 728 g/mol. The van der Waals surface area contributed by atoms with E-state index in [4.69, 9.17) is 5.73 Å². The van der Waals surface area contributed by atoms with Crippen LogP contribution in [0.4, 0.5) is 0 Å². The van der Waals surface area contributed by atoms with Crippen molar-refractivity contribution in [1.29, 1.82) is 0 Å². The fourth-order valence-corrected chi connectivity index (χ4v) is 6.78. The fourth-order valence-electron chi connectivity index (χ4n) is 6.78. The highest BCUT2D eigenvalue weighted by atomic mass is 16.3. The Morgan fingerprint density at radius 2 is 1.39 bits per heavy atom. The molecule has 0 radical (unpaired) electrons. The second-order valence-corrected chi connectivity index (χ2v) is 13.6. The fraction of sp³-hybridized carbons (Fsp3) is 0.262. The molecule has 54 heavy (non-hydrogen) atoms. The number of amides is 4. The van der Waals surface area contributed by atoms with Gasteiger partial charge in [-0.25, -0.2) is 4.98 Å². The van der Waals surface area contributed by atoms with Crippen LogP contribution in [0.3, 0.4) is 0 Å². The van der Waals surface area contributed by atoms with Crippen molar-refractivity contribution in [2.75, 3.05) is 6.54 Å². The van der Waals surface area contributed by atoms with E-state index < -0.39 is 60.5 Å². The molecule has 5 aromatic rings. The number of fused-ring (bicyclic) bond motifs is 2. The van der Waals surface area contributed by atoms with Gasteiger partial charge in [0.15, 0.2) is 0 Å². The third kappa shape index (κ3) is 9.72. The Morgan fingerprint density at radius 3 is 2.11 bits per heavy atom. The minimum atomic E-state index is -1.36. The molecular weight excluding hydrogens is 684 g/mol. The lowest BCUT2D eigenvalue weighted by atomic mass is 9.99. The SMILES string of the molecule is NC(=O)C[C@H](NC(=O)c1ccc2ccccc2n1)C(=O)N[C@@H](Cc1ccccc1)[C@H](O)CN[C@@H](Cc1ccccc1)C(=O)NC1c2ccccc2C[C@H]1O. The summed E-state index contributed by atoms with van der Waals surface area (Å²) in [5.74, 6) is -2.57. The van der Waals surface area contributed by atoms with Gasteiger partial charge in [-0.3, -0.25) is 19.2 Å². The lowest BCUT2D eigenvalue weighted by Crippen LogP contribution is -2.57. The number of hydrogen-bond acceptors (Lipinski definition) is 8. The van der Waals surface area contributed by atoms with Crippen molar-refractivity contribution in [2.24, 2.45) is 5.73 Å². The van der Waals surface area contributed by atoms with E-state index in [0.717, 1.165) is 27.6 Å². The summed E-state index contributed by atoms with van der Waals surface area (Å²) in [6.45, 7) is -0.111. The van der Waals surface area contributed by atoms with Crippen LogP contribution in [0.15, 0.2) is 121 Å². The van der Waals surface area contributed by atoms with Crippen molar-refractivity contribution in [3.8, 4) is 0 Å². The Morgan fingerprint density at radius 1 is 0.741 bits per heavy atom. The molecule has 1 unspecified atom stereocenters. The highest BCUT2D eigenvalue weighted by Gasteiger charge is 2.34. The van der Waals surface area contributed by atoms with Crippen LogP contribution in [0.5, 0.6) is 0 Å². The number of rotatable bonds is 16. The molecule has 4 amide bonds. The van der Waals surface area contributed by atoms with Crippen molar-refractivity contribution < 1.29 is 29.4 Å². The third-order valence-electron chi connectivity index (χ3n) is 9.62. The molecule has 1 heterocycles. The van der Waals surface area contributed by atoms with Gasteiger partial charge >= 0.3 is 0 Å². The molecule has 0 bridgehead atoms. The normalized spacial score (nSPS) is 17.1. The molecule has 12 heteroatoms. The molecule has 0 saturated carbocycles. The first-order valence-electron chi connectivity index (χ1n) is 18.0. The zero-order valence-electron chi connectivity index (χ0n) is 29.6. The van der Waals surface area contributed by atoms with Crippen LogP contribution >= 0.6 is 0 Å². The van der Waals surface area contributed by atoms with Gasteiger partial charge in [0.2, 0.25) is 17.7 Å². The summed E-state index contributed by atoms with van der Waals surface area (Å²) in [5, 5.41) is 35.0. The number of aliphatic hydroxyl groups excluding tert-OH is 2. The zero-order chi connectivity index (χ0) is 38.0. The molecule has 0 fully saturated rings. The minimum Gasteiger partial charge on any atom is -0.390 e. The summed E-state index contributed by atoms with van der Waals surface area (Å²) in [7, 11) is 0. The minimum absolute atomic E-state index is 0.0531. The number of nitrogens with one attached hydrogen (secondary N) is 4. The summed E-state index contributed by atoms with van der Waals surface area (Å²) in [4.78, 5) is 57.4. The van der Waals surface area contributed by atoms with Crippen molar-refractivity contribution in [1.82, 2.24) is 26.3 Å². The molecule has 8 N–H and O–H groups in total. The number of benzene rings is 4. The van der Waals surface area contributed by atoms with Crippen molar-refractivity contribution >= 4 is 34.5 Å². The molecule has 1 aliphatic rings. The van der Waals surface area contributed by atoms with Gasteiger partial charge in [-0.1, -0.05) is 109 Å². The molecule has 278 valence electrons. The topological polar surface area (TPSA) is 196 Å². The maximum absolute atomic E-state index is 13.9. The van der Waals surface area contributed by atoms with E-state index in [1.165, 1.54) is 6.07 Å². The standard InChI is InChI=1S/C42H44N6O6/c43-38(51)24-35(47-40(52)32-20-19-28-15-8-10-18-31(28)45-32)42(54)46-33(21-26-11-3-1-4-12-26)37(50)25-44-34(22-27-13-5-2-6-14-27)41(53)48-39-30-17-9-7-16-29(30)23-36(39)49/h1-20,33-37,39,44,49-50H,21-25H2,(H2,43,51)(H,46,54)(H,47,52)(H,48,53)/t33-,34-,35-,36+,37+,39?/m0/s1. The van der Waals surface area contributed by atoms with E-state index >= 15 is 0 Å². The largest absolute Gasteiger partial charge is 0.390 e. The molecule has 6 rings (SSSR count). The van der Waals surface area contributed by atoms with Gasteiger partial charge < -0.3 is 37.2 Å². The number of nitrogens with zero attached hydrogens (tertiary/aromatic N) is 1. The first-order valence-corrected chi connectivity index (χ1v) is 18.0. The number of para-hydroxylation sites is 1. The Balaban J connectivity index is 1.18. The Kier molecular flexibility index (Phi) is 12.4. The number of carbonyl (C=O) groups excluding carboxylic acids is 4. The van der Waals surface area contributed by atoms with Crippen LogP contribution in [-0.2, 0) is 33.6 Å². The summed E-state index contributed by atoms with van der Waals surface area (Å²) in [6, 6.07) is 33.1. The van der Waals surface area contributed by atoms with Crippen LogP contribution in [0, 0.1) is 0 Å². The smallest absolute Gasteiger partial charge is 0.270 e. The average molecular weight is 729 g/mol. The Bertz CT molecular complexity index is 2080. The summed E-state index contributed by atoms with van der Waals surface area (Å²) in [6.07, 6.45) is -1.61.